The van der Waals surface area contributed by atoms with Crippen molar-refractivity contribution in [2.24, 2.45) is 5.41 Å². The zero-order valence-corrected chi connectivity index (χ0v) is 15.4. The van der Waals surface area contributed by atoms with E-state index in [1.54, 1.807) is 11.8 Å². The van der Waals surface area contributed by atoms with Gasteiger partial charge in [-0.3, -0.25) is 4.79 Å². The fourth-order valence-corrected chi connectivity index (χ4v) is 4.25. The molecule has 0 aromatic carbocycles. The monoisotopic (exact) mass is 315 g/mol. The number of ether oxygens (including phenoxy) is 1. The van der Waals surface area contributed by atoms with Crippen molar-refractivity contribution >= 4 is 17.7 Å². The van der Waals surface area contributed by atoms with Crippen LogP contribution in [0.5, 0.6) is 0 Å². The third kappa shape index (κ3) is 7.55. The fourth-order valence-electron chi connectivity index (χ4n) is 2.81. The number of hydrogen-bond donors (Lipinski definition) is 1. The van der Waals surface area contributed by atoms with Gasteiger partial charge in [0.05, 0.1) is 5.75 Å². The second kappa shape index (κ2) is 7.87. The van der Waals surface area contributed by atoms with Crippen LogP contribution in [-0.4, -0.2) is 35.2 Å². The van der Waals surface area contributed by atoms with Crippen molar-refractivity contribution in [1.29, 1.82) is 0 Å². The van der Waals surface area contributed by atoms with E-state index >= 15 is 0 Å². The summed E-state index contributed by atoms with van der Waals surface area (Å²) >= 11 is 1.77. The molecule has 4 heteroatoms. The lowest BCUT2D eigenvalue weighted by atomic mass is 9.75. The van der Waals surface area contributed by atoms with Gasteiger partial charge in [0.15, 0.2) is 0 Å². The summed E-state index contributed by atoms with van der Waals surface area (Å²) in [5.41, 5.74) is -0.000660. The highest BCUT2D eigenvalue weighted by molar-refractivity contribution is 8.00. The topological polar surface area (TPSA) is 38.3 Å². The molecule has 0 spiro atoms. The average Bonchev–Trinajstić information content (AvgIpc) is 2.32. The van der Waals surface area contributed by atoms with Crippen LogP contribution in [0.15, 0.2) is 0 Å². The maximum atomic E-state index is 11.9. The van der Waals surface area contributed by atoms with Gasteiger partial charge in [0, 0.05) is 11.3 Å². The zero-order valence-electron chi connectivity index (χ0n) is 14.6. The van der Waals surface area contributed by atoms with Crippen LogP contribution in [0.25, 0.3) is 0 Å². The molecule has 3 nitrogen and oxygen atoms in total. The highest BCUT2D eigenvalue weighted by Gasteiger charge is 2.35. The van der Waals surface area contributed by atoms with E-state index in [4.69, 9.17) is 4.74 Å². The van der Waals surface area contributed by atoms with Crippen LogP contribution >= 0.6 is 11.8 Å². The smallest absolute Gasteiger partial charge is 0.316 e. The van der Waals surface area contributed by atoms with E-state index in [9.17, 15) is 4.79 Å². The van der Waals surface area contributed by atoms with E-state index in [-0.39, 0.29) is 11.6 Å². The molecule has 0 aromatic rings. The first-order valence-corrected chi connectivity index (χ1v) is 9.25. The summed E-state index contributed by atoms with van der Waals surface area (Å²) in [6.45, 7) is 13.7. The van der Waals surface area contributed by atoms with Crippen LogP contribution in [0, 0.1) is 5.41 Å². The Kier molecular flexibility index (Phi) is 7.05. The van der Waals surface area contributed by atoms with Crippen LogP contribution in [0.4, 0.5) is 0 Å². The first kappa shape index (κ1) is 18.8. The molecule has 1 rings (SSSR count). The number of nitrogens with one attached hydrogen (secondary N) is 1. The summed E-state index contributed by atoms with van der Waals surface area (Å²) in [5.74, 6) is 0.368. The molecule has 0 saturated heterocycles. The van der Waals surface area contributed by atoms with Gasteiger partial charge in [-0.25, -0.2) is 0 Å². The quantitative estimate of drug-likeness (QED) is 0.752. The summed E-state index contributed by atoms with van der Waals surface area (Å²) in [6.07, 6.45) is 4.79. The Morgan fingerprint density at radius 3 is 2.62 bits per heavy atom. The molecule has 0 amide bonds. The van der Waals surface area contributed by atoms with E-state index < -0.39 is 0 Å². The second-order valence-electron chi connectivity index (χ2n) is 7.90. The SMILES string of the molecule is CCCNC1CCC(C)(C)CC1SCC(=O)OC(C)(C)C. The molecule has 0 aliphatic heterocycles. The van der Waals surface area contributed by atoms with Gasteiger partial charge < -0.3 is 10.1 Å². The van der Waals surface area contributed by atoms with Gasteiger partial charge in [0.25, 0.3) is 0 Å². The van der Waals surface area contributed by atoms with E-state index in [1.807, 2.05) is 20.8 Å². The summed E-state index contributed by atoms with van der Waals surface area (Å²) in [7, 11) is 0. The third-order valence-electron chi connectivity index (χ3n) is 3.83. The number of carbonyl (C=O) groups excluding carboxylic acids is 1. The van der Waals surface area contributed by atoms with E-state index in [0.29, 0.717) is 22.5 Å². The maximum absolute atomic E-state index is 11.9. The molecular weight excluding hydrogens is 282 g/mol. The minimum atomic E-state index is -0.386. The van der Waals surface area contributed by atoms with Gasteiger partial charge in [-0.05, 0) is 58.4 Å². The van der Waals surface area contributed by atoms with Crippen molar-refractivity contribution in [3.8, 4) is 0 Å². The molecule has 0 aromatic heterocycles. The van der Waals surface area contributed by atoms with E-state index in [1.165, 1.54) is 19.3 Å². The van der Waals surface area contributed by atoms with Gasteiger partial charge >= 0.3 is 5.97 Å². The first-order chi connectivity index (χ1) is 9.63. The van der Waals surface area contributed by atoms with E-state index in [0.717, 1.165) is 13.0 Å². The molecule has 1 N–H and O–H groups in total. The molecule has 2 atom stereocenters. The van der Waals surface area contributed by atoms with Crippen LogP contribution in [0.1, 0.15) is 67.2 Å². The van der Waals surface area contributed by atoms with Crippen molar-refractivity contribution in [3.63, 3.8) is 0 Å². The van der Waals surface area contributed by atoms with Crippen LogP contribution < -0.4 is 5.32 Å². The number of thioether (sulfide) groups is 1. The lowest BCUT2D eigenvalue weighted by Gasteiger charge is -2.41. The Balaban J connectivity index is 2.51. The van der Waals surface area contributed by atoms with Crippen LogP contribution in [-0.2, 0) is 9.53 Å². The Morgan fingerprint density at radius 2 is 2.05 bits per heavy atom. The number of esters is 1. The standard InChI is InChI=1S/C17H33NO2S/c1-7-10-18-13-8-9-17(5,6)11-14(13)21-12-15(19)20-16(2,3)4/h13-14,18H,7-12H2,1-6H3. The van der Waals surface area contributed by atoms with Crippen LogP contribution in [0.2, 0.25) is 0 Å². The summed E-state index contributed by atoms with van der Waals surface area (Å²) < 4.78 is 5.42. The molecule has 1 saturated carbocycles. The van der Waals surface area contributed by atoms with Gasteiger partial charge in [0.2, 0.25) is 0 Å². The number of carbonyl (C=O) groups is 1. The molecule has 0 heterocycles. The molecule has 21 heavy (non-hydrogen) atoms. The molecular formula is C17H33NO2S. The summed E-state index contributed by atoms with van der Waals surface area (Å²) in [4.78, 5) is 11.9. The Hall–Kier alpha value is -0.220. The largest absolute Gasteiger partial charge is 0.459 e. The lowest BCUT2D eigenvalue weighted by molar-refractivity contribution is -0.151. The third-order valence-corrected chi connectivity index (χ3v) is 5.15. The first-order valence-electron chi connectivity index (χ1n) is 8.20. The van der Waals surface area contributed by atoms with Gasteiger partial charge in [-0.2, -0.15) is 0 Å². The predicted octanol–water partition coefficient (Wildman–Crippen LogP) is 4.01. The second-order valence-corrected chi connectivity index (χ2v) is 9.13. The summed E-state index contributed by atoms with van der Waals surface area (Å²) in [5, 5.41) is 4.17. The highest BCUT2D eigenvalue weighted by atomic mass is 32.2. The summed E-state index contributed by atoms with van der Waals surface area (Å²) in [6, 6.07) is 0.533. The van der Waals surface area contributed by atoms with Crippen LogP contribution in [0.3, 0.4) is 0 Å². The molecule has 2 unspecified atom stereocenters. The molecule has 1 aliphatic carbocycles. The average molecular weight is 316 g/mol. The normalized spacial score (nSPS) is 25.6. The van der Waals surface area contributed by atoms with Gasteiger partial charge in [-0.1, -0.05) is 20.8 Å². The number of rotatable bonds is 6. The fraction of sp³-hybridized carbons (Fsp3) is 0.941. The molecule has 124 valence electrons. The molecule has 0 bridgehead atoms. The van der Waals surface area contributed by atoms with Crippen molar-refractivity contribution in [2.45, 2.75) is 84.1 Å². The van der Waals surface area contributed by atoms with Crippen molar-refractivity contribution < 1.29 is 9.53 Å². The van der Waals surface area contributed by atoms with Crippen molar-refractivity contribution in [3.05, 3.63) is 0 Å². The Labute approximate surface area is 135 Å². The Bertz CT molecular complexity index is 336. The van der Waals surface area contributed by atoms with Gasteiger partial charge in [0.1, 0.15) is 5.60 Å². The zero-order chi connectivity index (χ0) is 16.1. The van der Waals surface area contributed by atoms with Crippen molar-refractivity contribution in [2.75, 3.05) is 12.3 Å². The Morgan fingerprint density at radius 1 is 1.38 bits per heavy atom. The lowest BCUT2D eigenvalue weighted by Crippen LogP contribution is -2.45. The highest BCUT2D eigenvalue weighted by Crippen LogP contribution is 2.40. The minimum absolute atomic E-state index is 0.0925. The minimum Gasteiger partial charge on any atom is -0.459 e. The predicted molar refractivity (Wildman–Crippen MR) is 91.8 cm³/mol. The molecule has 1 fully saturated rings. The molecule has 0 radical (unpaired) electrons. The maximum Gasteiger partial charge on any atom is 0.316 e. The van der Waals surface area contributed by atoms with E-state index in [2.05, 4.69) is 26.1 Å². The van der Waals surface area contributed by atoms with Crippen molar-refractivity contribution in [1.82, 2.24) is 5.32 Å². The number of hydrogen-bond acceptors (Lipinski definition) is 4. The molecule has 1 aliphatic rings. The van der Waals surface area contributed by atoms with Gasteiger partial charge in [-0.15, -0.1) is 11.8 Å².